The number of piperidine rings is 1. The Labute approximate surface area is 126 Å². The van der Waals surface area contributed by atoms with Crippen molar-refractivity contribution in [3.05, 3.63) is 24.4 Å². The van der Waals surface area contributed by atoms with Crippen molar-refractivity contribution in [3.63, 3.8) is 0 Å². The lowest BCUT2D eigenvalue weighted by Crippen LogP contribution is -2.53. The predicted octanol–water partition coefficient (Wildman–Crippen LogP) is 1.22. The number of pyridine rings is 1. The van der Waals surface area contributed by atoms with Crippen LogP contribution in [0.3, 0.4) is 0 Å². The van der Waals surface area contributed by atoms with E-state index in [1.54, 1.807) is 0 Å². The summed E-state index contributed by atoms with van der Waals surface area (Å²) in [4.78, 5) is 6.69. The van der Waals surface area contributed by atoms with Crippen LogP contribution >= 0.6 is 0 Å². The van der Waals surface area contributed by atoms with Gasteiger partial charge in [0, 0.05) is 30.9 Å². The maximum absolute atomic E-state index is 11.7. The largest absolute Gasteiger partial charge is 0.357 e. The zero-order valence-corrected chi connectivity index (χ0v) is 13.3. The predicted molar refractivity (Wildman–Crippen MR) is 84.3 cm³/mol. The van der Waals surface area contributed by atoms with E-state index in [0.717, 1.165) is 38.2 Å². The lowest BCUT2D eigenvalue weighted by molar-refractivity contribution is 0.302. The van der Waals surface area contributed by atoms with Crippen LogP contribution in [-0.2, 0) is 9.84 Å². The van der Waals surface area contributed by atoms with Crippen LogP contribution in [-0.4, -0.2) is 49.6 Å². The first-order valence-corrected chi connectivity index (χ1v) is 9.42. The minimum absolute atomic E-state index is 0.239. The molecule has 3 heterocycles. The van der Waals surface area contributed by atoms with E-state index >= 15 is 0 Å². The summed E-state index contributed by atoms with van der Waals surface area (Å²) in [6, 6.07) is 6.39. The first-order valence-electron chi connectivity index (χ1n) is 7.60. The van der Waals surface area contributed by atoms with Crippen molar-refractivity contribution in [1.82, 2.24) is 10.3 Å². The molecule has 0 aliphatic carbocycles. The van der Waals surface area contributed by atoms with Gasteiger partial charge in [-0.2, -0.15) is 0 Å². The molecular weight excluding hydrogens is 286 g/mol. The minimum Gasteiger partial charge on any atom is -0.357 e. The monoisotopic (exact) mass is 309 g/mol. The van der Waals surface area contributed by atoms with Crippen LogP contribution in [0.4, 0.5) is 5.82 Å². The molecule has 1 unspecified atom stereocenters. The fourth-order valence-electron chi connectivity index (χ4n) is 3.41. The van der Waals surface area contributed by atoms with E-state index in [4.69, 9.17) is 0 Å². The molecular formula is C15H23N3O2S. The number of rotatable bonds is 3. The fraction of sp³-hybridized carbons (Fsp3) is 0.667. The summed E-state index contributed by atoms with van der Waals surface area (Å²) in [5, 5.41) is 3.60. The van der Waals surface area contributed by atoms with E-state index in [1.165, 1.54) is 0 Å². The molecule has 0 amide bonds. The van der Waals surface area contributed by atoms with Gasteiger partial charge in [0.05, 0.1) is 11.5 Å². The van der Waals surface area contributed by atoms with E-state index in [9.17, 15) is 8.42 Å². The van der Waals surface area contributed by atoms with Crippen LogP contribution in [0.2, 0.25) is 0 Å². The van der Waals surface area contributed by atoms with Gasteiger partial charge in [-0.15, -0.1) is 0 Å². The highest BCUT2D eigenvalue weighted by atomic mass is 32.2. The molecule has 2 aliphatic heterocycles. The quantitative estimate of drug-likeness (QED) is 0.909. The molecule has 0 spiro atoms. The number of nitrogens with one attached hydrogen (secondary N) is 1. The van der Waals surface area contributed by atoms with Crippen molar-refractivity contribution < 1.29 is 8.42 Å². The average Bonchev–Trinajstić information content (AvgIpc) is 2.74. The molecule has 2 fully saturated rings. The Morgan fingerprint density at radius 2 is 2.10 bits per heavy atom. The van der Waals surface area contributed by atoms with Crippen molar-refractivity contribution in [1.29, 1.82) is 0 Å². The number of nitrogens with zero attached hydrogens (tertiary/aromatic N) is 2. The highest BCUT2D eigenvalue weighted by Crippen LogP contribution is 2.26. The molecule has 3 rings (SSSR count). The number of aromatic nitrogens is 1. The summed E-state index contributed by atoms with van der Waals surface area (Å²) in [7, 11) is -2.84. The smallest absolute Gasteiger partial charge is 0.152 e. The Hall–Kier alpha value is -1.14. The molecule has 1 atom stereocenters. The SMILES string of the molecule is CC1(NC2CCN(c3ccccn3)CC2)CCS(=O)(=O)C1. The number of hydrogen-bond donors (Lipinski definition) is 1. The number of anilines is 1. The van der Waals surface area contributed by atoms with E-state index in [-0.39, 0.29) is 11.3 Å². The van der Waals surface area contributed by atoms with Gasteiger partial charge in [0.25, 0.3) is 0 Å². The molecule has 0 radical (unpaired) electrons. The Bertz CT molecular complexity index is 582. The molecule has 0 saturated carbocycles. The Balaban J connectivity index is 1.55. The Kier molecular flexibility index (Phi) is 3.92. The van der Waals surface area contributed by atoms with Gasteiger partial charge in [0.15, 0.2) is 9.84 Å². The zero-order valence-electron chi connectivity index (χ0n) is 12.5. The third kappa shape index (κ3) is 3.55. The van der Waals surface area contributed by atoms with Gasteiger partial charge in [-0.1, -0.05) is 6.07 Å². The molecule has 6 heteroatoms. The molecule has 1 N–H and O–H groups in total. The van der Waals surface area contributed by atoms with E-state index in [2.05, 4.69) is 15.2 Å². The summed E-state index contributed by atoms with van der Waals surface area (Å²) < 4.78 is 23.3. The molecule has 0 bridgehead atoms. The third-order valence-corrected chi connectivity index (χ3v) is 6.43. The first kappa shape index (κ1) is 14.8. The molecule has 1 aromatic heterocycles. The zero-order chi connectivity index (χ0) is 14.9. The van der Waals surface area contributed by atoms with Crippen molar-refractivity contribution in [3.8, 4) is 0 Å². The van der Waals surface area contributed by atoms with Gasteiger partial charge in [-0.05, 0) is 38.3 Å². The van der Waals surface area contributed by atoms with Gasteiger partial charge in [0.1, 0.15) is 5.82 Å². The molecule has 2 aliphatic rings. The van der Waals surface area contributed by atoms with E-state index in [1.807, 2.05) is 31.3 Å². The van der Waals surface area contributed by atoms with Crippen LogP contribution in [0.25, 0.3) is 0 Å². The molecule has 5 nitrogen and oxygen atoms in total. The molecule has 0 aromatic carbocycles. The topological polar surface area (TPSA) is 62.3 Å². The van der Waals surface area contributed by atoms with Crippen molar-refractivity contribution >= 4 is 15.7 Å². The molecule has 116 valence electrons. The Morgan fingerprint density at radius 1 is 1.33 bits per heavy atom. The normalized spacial score (nSPS) is 29.7. The van der Waals surface area contributed by atoms with E-state index < -0.39 is 9.84 Å². The second-order valence-corrected chi connectivity index (χ2v) is 8.68. The summed E-state index contributed by atoms with van der Waals surface area (Å²) in [6.45, 7) is 3.98. The van der Waals surface area contributed by atoms with Gasteiger partial charge < -0.3 is 10.2 Å². The van der Waals surface area contributed by atoms with Crippen molar-refractivity contribution in [2.24, 2.45) is 0 Å². The summed E-state index contributed by atoms with van der Waals surface area (Å²) in [6.07, 6.45) is 4.62. The molecule has 21 heavy (non-hydrogen) atoms. The van der Waals surface area contributed by atoms with Crippen LogP contribution in [0.15, 0.2) is 24.4 Å². The minimum atomic E-state index is -2.84. The van der Waals surface area contributed by atoms with Gasteiger partial charge >= 0.3 is 0 Å². The van der Waals surface area contributed by atoms with Crippen LogP contribution < -0.4 is 10.2 Å². The van der Waals surface area contributed by atoms with Gasteiger partial charge in [-0.3, -0.25) is 0 Å². The second kappa shape index (κ2) is 5.57. The van der Waals surface area contributed by atoms with Gasteiger partial charge in [0.2, 0.25) is 0 Å². The lowest BCUT2D eigenvalue weighted by atomic mass is 9.96. The van der Waals surface area contributed by atoms with Crippen molar-refractivity contribution in [2.75, 3.05) is 29.5 Å². The maximum Gasteiger partial charge on any atom is 0.152 e. The lowest BCUT2D eigenvalue weighted by Gasteiger charge is -2.37. The highest BCUT2D eigenvalue weighted by molar-refractivity contribution is 7.91. The van der Waals surface area contributed by atoms with Gasteiger partial charge in [-0.25, -0.2) is 13.4 Å². The fourth-order valence-corrected chi connectivity index (χ4v) is 5.52. The average molecular weight is 309 g/mol. The standard InChI is InChI=1S/C15H23N3O2S/c1-15(7-11-21(19,20)12-15)17-13-5-9-18(10-6-13)14-4-2-3-8-16-14/h2-4,8,13,17H,5-7,9-12H2,1H3. The van der Waals surface area contributed by atoms with E-state index in [0.29, 0.717) is 11.8 Å². The summed E-state index contributed by atoms with van der Waals surface area (Å²) in [5.74, 6) is 1.63. The molecule has 1 aromatic rings. The first-order chi connectivity index (χ1) is 9.96. The van der Waals surface area contributed by atoms with Crippen molar-refractivity contribution in [2.45, 2.75) is 37.8 Å². The van der Waals surface area contributed by atoms with Crippen LogP contribution in [0, 0.1) is 0 Å². The maximum atomic E-state index is 11.7. The Morgan fingerprint density at radius 3 is 2.67 bits per heavy atom. The third-order valence-electron chi connectivity index (χ3n) is 4.52. The second-order valence-electron chi connectivity index (χ2n) is 6.50. The molecule has 2 saturated heterocycles. The van der Waals surface area contributed by atoms with Crippen LogP contribution in [0.5, 0.6) is 0 Å². The number of hydrogen-bond acceptors (Lipinski definition) is 5. The number of sulfone groups is 1. The highest BCUT2D eigenvalue weighted by Gasteiger charge is 2.39. The summed E-state index contributed by atoms with van der Waals surface area (Å²) >= 11 is 0. The summed E-state index contributed by atoms with van der Waals surface area (Å²) in [5.41, 5.74) is -0.239. The van der Waals surface area contributed by atoms with Crippen LogP contribution in [0.1, 0.15) is 26.2 Å².